The molecule has 1 fully saturated rings. The van der Waals surface area contributed by atoms with E-state index in [1.165, 1.54) is 17.3 Å². The Hall–Kier alpha value is -2.45. The van der Waals surface area contributed by atoms with Crippen LogP contribution in [0.15, 0.2) is 47.5 Å². The standard InChI is InChI=1S/C20H23N5O2S/c1-15-22-23-17-7-8-19(24-25(15)17)28-13-18(26)21-14-20(9-11-27-12-10-20)16-5-3-2-4-6-16/h2-8H,9-14H2,1H3,(H,21,26). The summed E-state index contributed by atoms with van der Waals surface area (Å²) in [7, 11) is 0. The van der Waals surface area contributed by atoms with E-state index in [0.717, 1.165) is 36.9 Å². The van der Waals surface area contributed by atoms with Gasteiger partial charge in [-0.3, -0.25) is 4.79 Å². The van der Waals surface area contributed by atoms with Gasteiger partial charge in [-0.15, -0.1) is 10.2 Å². The summed E-state index contributed by atoms with van der Waals surface area (Å²) in [6, 6.07) is 14.1. The lowest BCUT2D eigenvalue weighted by Crippen LogP contribution is -2.45. The van der Waals surface area contributed by atoms with Gasteiger partial charge in [-0.25, -0.2) is 0 Å². The first-order valence-corrected chi connectivity index (χ1v) is 10.4. The fourth-order valence-electron chi connectivity index (χ4n) is 3.54. The molecule has 0 bridgehead atoms. The van der Waals surface area contributed by atoms with Gasteiger partial charge in [-0.1, -0.05) is 42.1 Å². The number of aromatic nitrogens is 4. The summed E-state index contributed by atoms with van der Waals surface area (Å²) in [4.78, 5) is 12.5. The fraction of sp³-hybridized carbons (Fsp3) is 0.400. The number of aryl methyl sites for hydroxylation is 1. The number of nitrogens with zero attached hydrogens (tertiary/aromatic N) is 4. The van der Waals surface area contributed by atoms with E-state index in [9.17, 15) is 4.79 Å². The zero-order chi connectivity index (χ0) is 19.4. The Morgan fingerprint density at radius 1 is 1.18 bits per heavy atom. The summed E-state index contributed by atoms with van der Waals surface area (Å²) >= 11 is 1.41. The number of carbonyl (C=O) groups excluding carboxylic acids is 1. The second-order valence-electron chi connectivity index (χ2n) is 7.01. The third kappa shape index (κ3) is 4.02. The molecule has 0 spiro atoms. The maximum atomic E-state index is 12.5. The lowest BCUT2D eigenvalue weighted by molar-refractivity contribution is -0.119. The SMILES string of the molecule is Cc1nnc2ccc(SCC(=O)NCC3(c4ccccc4)CCOCC3)nn12. The van der Waals surface area contributed by atoms with E-state index in [1.54, 1.807) is 4.52 Å². The first kappa shape index (κ1) is 18.9. The van der Waals surface area contributed by atoms with Crippen molar-refractivity contribution >= 4 is 23.3 Å². The molecule has 28 heavy (non-hydrogen) atoms. The number of amides is 1. The zero-order valence-electron chi connectivity index (χ0n) is 15.8. The highest BCUT2D eigenvalue weighted by Gasteiger charge is 2.34. The molecule has 1 aliphatic heterocycles. The Balaban J connectivity index is 1.37. The second-order valence-corrected chi connectivity index (χ2v) is 8.01. The average Bonchev–Trinajstić information content (AvgIpc) is 3.12. The molecule has 1 saturated heterocycles. The lowest BCUT2D eigenvalue weighted by Gasteiger charge is -2.38. The molecule has 1 aromatic carbocycles. The van der Waals surface area contributed by atoms with Crippen LogP contribution in [0, 0.1) is 6.92 Å². The highest BCUT2D eigenvalue weighted by molar-refractivity contribution is 7.99. The molecule has 0 saturated carbocycles. The first-order chi connectivity index (χ1) is 13.7. The van der Waals surface area contributed by atoms with Crippen molar-refractivity contribution in [3.63, 3.8) is 0 Å². The Bertz CT molecular complexity index is 954. The molecule has 2 aromatic heterocycles. The summed E-state index contributed by atoms with van der Waals surface area (Å²) in [6.45, 7) is 3.92. The third-order valence-electron chi connectivity index (χ3n) is 5.21. The van der Waals surface area contributed by atoms with Gasteiger partial charge in [-0.2, -0.15) is 9.61 Å². The molecule has 8 heteroatoms. The van der Waals surface area contributed by atoms with Gasteiger partial charge in [0, 0.05) is 25.2 Å². The van der Waals surface area contributed by atoms with Gasteiger partial charge < -0.3 is 10.1 Å². The fourth-order valence-corrected chi connectivity index (χ4v) is 4.22. The third-order valence-corrected chi connectivity index (χ3v) is 6.13. The highest BCUT2D eigenvalue weighted by Crippen LogP contribution is 2.34. The van der Waals surface area contributed by atoms with Crippen LogP contribution in [0.3, 0.4) is 0 Å². The minimum Gasteiger partial charge on any atom is -0.381 e. The average molecular weight is 398 g/mol. The van der Waals surface area contributed by atoms with E-state index in [4.69, 9.17) is 4.74 Å². The first-order valence-electron chi connectivity index (χ1n) is 9.38. The van der Waals surface area contributed by atoms with Crippen molar-refractivity contribution in [1.29, 1.82) is 0 Å². The topological polar surface area (TPSA) is 81.4 Å². The maximum absolute atomic E-state index is 12.5. The second kappa shape index (κ2) is 8.28. The summed E-state index contributed by atoms with van der Waals surface area (Å²) in [5.41, 5.74) is 1.91. The number of thioether (sulfide) groups is 1. The van der Waals surface area contributed by atoms with Gasteiger partial charge in [0.1, 0.15) is 5.03 Å². The van der Waals surface area contributed by atoms with Crippen LogP contribution < -0.4 is 5.32 Å². The molecule has 3 heterocycles. The highest BCUT2D eigenvalue weighted by atomic mass is 32.2. The van der Waals surface area contributed by atoms with Crippen LogP contribution in [0.1, 0.15) is 24.2 Å². The number of hydrogen-bond acceptors (Lipinski definition) is 6. The molecule has 7 nitrogen and oxygen atoms in total. The van der Waals surface area contributed by atoms with Crippen LogP contribution in [-0.4, -0.2) is 51.2 Å². The minimum absolute atomic E-state index is 0.00849. The van der Waals surface area contributed by atoms with E-state index in [-0.39, 0.29) is 11.3 Å². The number of carbonyl (C=O) groups is 1. The van der Waals surface area contributed by atoms with Crippen molar-refractivity contribution < 1.29 is 9.53 Å². The number of nitrogens with one attached hydrogen (secondary N) is 1. The number of ether oxygens (including phenoxy) is 1. The molecule has 0 radical (unpaired) electrons. The van der Waals surface area contributed by atoms with Crippen molar-refractivity contribution in [2.75, 3.05) is 25.5 Å². The van der Waals surface area contributed by atoms with E-state index in [0.29, 0.717) is 17.9 Å². The largest absolute Gasteiger partial charge is 0.381 e. The van der Waals surface area contributed by atoms with Gasteiger partial charge >= 0.3 is 0 Å². The Morgan fingerprint density at radius 2 is 1.96 bits per heavy atom. The number of hydrogen-bond donors (Lipinski definition) is 1. The smallest absolute Gasteiger partial charge is 0.230 e. The monoisotopic (exact) mass is 397 g/mol. The summed E-state index contributed by atoms with van der Waals surface area (Å²) in [6.07, 6.45) is 1.82. The molecular weight excluding hydrogens is 374 g/mol. The van der Waals surface area contributed by atoms with Crippen molar-refractivity contribution in [2.45, 2.75) is 30.2 Å². The number of rotatable bonds is 6. The van der Waals surface area contributed by atoms with Crippen molar-refractivity contribution in [3.8, 4) is 0 Å². The van der Waals surface area contributed by atoms with E-state index in [2.05, 4.69) is 44.9 Å². The Kier molecular flexibility index (Phi) is 5.59. The van der Waals surface area contributed by atoms with Crippen LogP contribution in [0.2, 0.25) is 0 Å². The zero-order valence-corrected chi connectivity index (χ0v) is 16.6. The van der Waals surface area contributed by atoms with Crippen LogP contribution in [-0.2, 0) is 14.9 Å². The summed E-state index contributed by atoms with van der Waals surface area (Å²) in [5, 5.41) is 16.4. The van der Waals surface area contributed by atoms with Crippen LogP contribution in [0.25, 0.3) is 5.65 Å². The van der Waals surface area contributed by atoms with Gasteiger partial charge in [0.25, 0.3) is 0 Å². The number of fused-ring (bicyclic) bond motifs is 1. The van der Waals surface area contributed by atoms with Gasteiger partial charge in [0.15, 0.2) is 11.5 Å². The van der Waals surface area contributed by atoms with Gasteiger partial charge in [-0.05, 0) is 37.5 Å². The van der Waals surface area contributed by atoms with Gasteiger partial charge in [0.2, 0.25) is 5.91 Å². The van der Waals surface area contributed by atoms with Crippen molar-refractivity contribution in [2.24, 2.45) is 0 Å². The molecule has 1 aliphatic rings. The molecule has 0 unspecified atom stereocenters. The van der Waals surface area contributed by atoms with Crippen LogP contribution in [0.4, 0.5) is 0 Å². The predicted molar refractivity (Wildman–Crippen MR) is 107 cm³/mol. The molecule has 3 aromatic rings. The molecular formula is C20H23N5O2S. The number of benzene rings is 1. The maximum Gasteiger partial charge on any atom is 0.230 e. The van der Waals surface area contributed by atoms with Crippen LogP contribution >= 0.6 is 11.8 Å². The van der Waals surface area contributed by atoms with Gasteiger partial charge in [0.05, 0.1) is 5.75 Å². The van der Waals surface area contributed by atoms with Crippen molar-refractivity contribution in [1.82, 2.24) is 25.1 Å². The van der Waals surface area contributed by atoms with E-state index < -0.39 is 0 Å². The Morgan fingerprint density at radius 3 is 2.75 bits per heavy atom. The van der Waals surface area contributed by atoms with E-state index >= 15 is 0 Å². The summed E-state index contributed by atoms with van der Waals surface area (Å²) in [5.74, 6) is 1.06. The molecule has 0 aliphatic carbocycles. The molecule has 1 N–H and O–H groups in total. The minimum atomic E-state index is -0.0589. The quantitative estimate of drug-likeness (QED) is 0.643. The lowest BCUT2D eigenvalue weighted by atomic mass is 9.74. The molecule has 4 rings (SSSR count). The molecule has 1 amide bonds. The molecule has 0 atom stereocenters. The predicted octanol–water partition coefficient (Wildman–Crippen LogP) is 2.39. The normalized spacial score (nSPS) is 16.2. The van der Waals surface area contributed by atoms with Crippen molar-refractivity contribution in [3.05, 3.63) is 53.9 Å². The Labute approximate surface area is 167 Å². The summed E-state index contributed by atoms with van der Waals surface area (Å²) < 4.78 is 7.25. The van der Waals surface area contributed by atoms with E-state index in [1.807, 2.05) is 25.1 Å². The van der Waals surface area contributed by atoms with Crippen LogP contribution in [0.5, 0.6) is 0 Å². The molecule has 146 valence electrons.